The Morgan fingerprint density at radius 1 is 1.45 bits per heavy atom. The molecule has 1 aromatic carbocycles. The second kappa shape index (κ2) is 6.93. The molecule has 2 unspecified atom stereocenters. The minimum absolute atomic E-state index is 0.169. The monoisotopic (exact) mass is 280 g/mol. The Balaban J connectivity index is 2.05. The summed E-state index contributed by atoms with van der Waals surface area (Å²) < 4.78 is 19.2. The fourth-order valence-electron chi connectivity index (χ4n) is 2.86. The normalized spacial score (nSPS) is 22.9. The van der Waals surface area contributed by atoms with Crippen LogP contribution in [-0.4, -0.2) is 32.8 Å². The van der Waals surface area contributed by atoms with E-state index >= 15 is 0 Å². The fourth-order valence-corrected chi connectivity index (χ4v) is 2.86. The van der Waals surface area contributed by atoms with Crippen LogP contribution in [0.3, 0.4) is 0 Å². The van der Waals surface area contributed by atoms with Gasteiger partial charge in [0, 0.05) is 25.2 Å². The number of nitrogens with zero attached hydrogens (tertiary/aromatic N) is 1. The van der Waals surface area contributed by atoms with Crippen molar-refractivity contribution in [3.63, 3.8) is 0 Å². The molecule has 1 aliphatic rings. The molecule has 0 bridgehead atoms. The Kier molecular flexibility index (Phi) is 5.24. The van der Waals surface area contributed by atoms with Gasteiger partial charge in [0.2, 0.25) is 0 Å². The standard InChI is InChI=1S/C16H25FN2O/c1-4-8-18-15-7-9-19(11-12(15)2)16-10-13(20-3)5-6-14(16)17/h5-6,10,12,15,18H,4,7-9,11H2,1-3H3. The largest absolute Gasteiger partial charge is 0.497 e. The van der Waals surface area contributed by atoms with Gasteiger partial charge in [-0.15, -0.1) is 0 Å². The van der Waals surface area contributed by atoms with Crippen LogP contribution in [0.15, 0.2) is 18.2 Å². The lowest BCUT2D eigenvalue weighted by Crippen LogP contribution is -2.48. The summed E-state index contributed by atoms with van der Waals surface area (Å²) in [4.78, 5) is 2.13. The van der Waals surface area contributed by atoms with E-state index in [4.69, 9.17) is 4.74 Å². The number of nitrogens with one attached hydrogen (secondary N) is 1. The van der Waals surface area contributed by atoms with Crippen molar-refractivity contribution in [2.75, 3.05) is 31.6 Å². The van der Waals surface area contributed by atoms with Gasteiger partial charge in [-0.05, 0) is 37.4 Å². The molecule has 0 aromatic heterocycles. The van der Waals surface area contributed by atoms with E-state index in [0.717, 1.165) is 32.5 Å². The summed E-state index contributed by atoms with van der Waals surface area (Å²) in [5.41, 5.74) is 0.658. The van der Waals surface area contributed by atoms with Gasteiger partial charge in [0.15, 0.2) is 0 Å². The lowest BCUT2D eigenvalue weighted by Gasteiger charge is -2.39. The number of benzene rings is 1. The number of piperidine rings is 1. The highest BCUT2D eigenvalue weighted by molar-refractivity contribution is 5.52. The molecule has 1 saturated heterocycles. The van der Waals surface area contributed by atoms with Crippen molar-refractivity contribution in [1.29, 1.82) is 0 Å². The molecule has 3 nitrogen and oxygen atoms in total. The third kappa shape index (κ3) is 3.42. The van der Waals surface area contributed by atoms with E-state index in [2.05, 4.69) is 24.1 Å². The van der Waals surface area contributed by atoms with E-state index in [9.17, 15) is 4.39 Å². The highest BCUT2D eigenvalue weighted by atomic mass is 19.1. The van der Waals surface area contributed by atoms with Gasteiger partial charge in [-0.2, -0.15) is 0 Å². The van der Waals surface area contributed by atoms with Gasteiger partial charge in [0.25, 0.3) is 0 Å². The maximum absolute atomic E-state index is 14.0. The summed E-state index contributed by atoms with van der Waals surface area (Å²) in [6, 6.07) is 5.49. The fraction of sp³-hybridized carbons (Fsp3) is 0.625. The number of ether oxygens (including phenoxy) is 1. The lowest BCUT2D eigenvalue weighted by molar-refractivity contribution is 0.320. The van der Waals surface area contributed by atoms with Crippen molar-refractivity contribution in [1.82, 2.24) is 5.32 Å². The quantitative estimate of drug-likeness (QED) is 0.897. The van der Waals surface area contributed by atoms with Crippen molar-refractivity contribution < 1.29 is 9.13 Å². The molecule has 0 aliphatic carbocycles. The van der Waals surface area contributed by atoms with Gasteiger partial charge in [-0.3, -0.25) is 0 Å². The highest BCUT2D eigenvalue weighted by Crippen LogP contribution is 2.29. The molecule has 2 atom stereocenters. The molecule has 1 N–H and O–H groups in total. The van der Waals surface area contributed by atoms with Crippen LogP contribution in [0.4, 0.5) is 10.1 Å². The molecule has 4 heteroatoms. The molecule has 1 fully saturated rings. The topological polar surface area (TPSA) is 24.5 Å². The van der Waals surface area contributed by atoms with E-state index in [1.165, 1.54) is 6.07 Å². The number of halogens is 1. The third-order valence-corrected chi connectivity index (χ3v) is 4.06. The first-order valence-electron chi connectivity index (χ1n) is 7.47. The van der Waals surface area contributed by atoms with E-state index in [-0.39, 0.29) is 5.82 Å². The van der Waals surface area contributed by atoms with Gasteiger partial charge < -0.3 is 15.0 Å². The number of hydrogen-bond acceptors (Lipinski definition) is 3. The number of methoxy groups -OCH3 is 1. The summed E-state index contributed by atoms with van der Waals surface area (Å²) >= 11 is 0. The van der Waals surface area contributed by atoms with Crippen LogP contribution >= 0.6 is 0 Å². The molecular weight excluding hydrogens is 255 g/mol. The zero-order valence-corrected chi connectivity index (χ0v) is 12.7. The first-order valence-corrected chi connectivity index (χ1v) is 7.47. The van der Waals surface area contributed by atoms with Crippen molar-refractivity contribution in [2.24, 2.45) is 5.92 Å². The number of rotatable bonds is 5. The molecule has 0 radical (unpaired) electrons. The maximum Gasteiger partial charge on any atom is 0.146 e. The summed E-state index contributed by atoms with van der Waals surface area (Å²) in [6.45, 7) is 7.24. The van der Waals surface area contributed by atoms with Gasteiger partial charge in [0.1, 0.15) is 11.6 Å². The smallest absolute Gasteiger partial charge is 0.146 e. The van der Waals surface area contributed by atoms with Crippen LogP contribution in [0.2, 0.25) is 0 Å². The van der Waals surface area contributed by atoms with Crippen LogP contribution < -0.4 is 15.0 Å². The molecule has 0 amide bonds. The minimum atomic E-state index is -0.169. The number of hydrogen-bond donors (Lipinski definition) is 1. The average molecular weight is 280 g/mol. The zero-order chi connectivity index (χ0) is 14.5. The molecule has 0 spiro atoms. The SMILES string of the molecule is CCCNC1CCN(c2cc(OC)ccc2F)CC1C. The summed E-state index contributed by atoms with van der Waals surface area (Å²) in [7, 11) is 1.61. The third-order valence-electron chi connectivity index (χ3n) is 4.06. The predicted octanol–water partition coefficient (Wildman–Crippen LogP) is 3.05. The Morgan fingerprint density at radius 2 is 2.25 bits per heavy atom. The highest BCUT2D eigenvalue weighted by Gasteiger charge is 2.27. The van der Waals surface area contributed by atoms with Gasteiger partial charge in [-0.1, -0.05) is 13.8 Å². The first-order chi connectivity index (χ1) is 9.65. The van der Waals surface area contributed by atoms with E-state index in [0.29, 0.717) is 23.4 Å². The molecule has 1 aromatic rings. The minimum Gasteiger partial charge on any atom is -0.497 e. The summed E-state index contributed by atoms with van der Waals surface area (Å²) in [5.74, 6) is 1.05. The van der Waals surface area contributed by atoms with Crippen LogP contribution in [-0.2, 0) is 0 Å². The van der Waals surface area contributed by atoms with Crippen LogP contribution in [0.1, 0.15) is 26.7 Å². The first kappa shape index (κ1) is 15.1. The Bertz CT molecular complexity index is 438. The summed E-state index contributed by atoms with van der Waals surface area (Å²) in [5, 5.41) is 3.59. The van der Waals surface area contributed by atoms with Crippen LogP contribution in [0, 0.1) is 11.7 Å². The number of anilines is 1. The molecular formula is C16H25FN2O. The van der Waals surface area contributed by atoms with Crippen LogP contribution in [0.25, 0.3) is 0 Å². The van der Waals surface area contributed by atoms with E-state index < -0.39 is 0 Å². The zero-order valence-electron chi connectivity index (χ0n) is 12.7. The Labute approximate surface area is 121 Å². The average Bonchev–Trinajstić information content (AvgIpc) is 2.46. The van der Waals surface area contributed by atoms with Crippen LogP contribution in [0.5, 0.6) is 5.75 Å². The van der Waals surface area contributed by atoms with Crippen molar-refractivity contribution in [2.45, 2.75) is 32.7 Å². The molecule has 20 heavy (non-hydrogen) atoms. The molecule has 0 saturated carbocycles. The molecule has 1 heterocycles. The second-order valence-electron chi connectivity index (χ2n) is 5.59. The Hall–Kier alpha value is -1.29. The molecule has 1 aliphatic heterocycles. The van der Waals surface area contributed by atoms with Crippen molar-refractivity contribution >= 4 is 5.69 Å². The maximum atomic E-state index is 14.0. The summed E-state index contributed by atoms with van der Waals surface area (Å²) in [6.07, 6.45) is 2.20. The second-order valence-corrected chi connectivity index (χ2v) is 5.59. The van der Waals surface area contributed by atoms with E-state index in [1.807, 2.05) is 0 Å². The Morgan fingerprint density at radius 3 is 2.90 bits per heavy atom. The lowest BCUT2D eigenvalue weighted by atomic mass is 9.93. The van der Waals surface area contributed by atoms with Crippen molar-refractivity contribution in [3.05, 3.63) is 24.0 Å². The van der Waals surface area contributed by atoms with Gasteiger partial charge >= 0.3 is 0 Å². The van der Waals surface area contributed by atoms with Gasteiger partial charge in [-0.25, -0.2) is 4.39 Å². The molecule has 112 valence electrons. The van der Waals surface area contributed by atoms with Gasteiger partial charge in [0.05, 0.1) is 12.8 Å². The van der Waals surface area contributed by atoms with E-state index in [1.54, 1.807) is 19.2 Å². The molecule has 2 rings (SSSR count). The predicted molar refractivity (Wildman–Crippen MR) is 81.0 cm³/mol. The van der Waals surface area contributed by atoms with Crippen molar-refractivity contribution in [3.8, 4) is 5.75 Å².